The minimum Gasteiger partial charge on any atom is -0.357 e. The van der Waals surface area contributed by atoms with Gasteiger partial charge in [0.1, 0.15) is 6.04 Å². The smallest absolute Gasteiger partial charge is 0.243 e. The third kappa shape index (κ3) is 3.30. The number of nitrogens with one attached hydrogen (secondary N) is 2. The first kappa shape index (κ1) is 15.2. The number of likely N-dealkylation sites (N-methyl/N-ethyl adjacent to an activating group) is 1. The quantitative estimate of drug-likeness (QED) is 0.495. The summed E-state index contributed by atoms with van der Waals surface area (Å²) in [5, 5.41) is 2.70. The van der Waals surface area contributed by atoms with E-state index in [-0.39, 0.29) is 17.9 Å². The largest absolute Gasteiger partial charge is 0.357 e. The molecule has 116 valence electrons. The lowest BCUT2D eigenvalue weighted by atomic mass is 10.0. The SMILES string of the molecule is CNC(=O)C1CCCCN1c1nc(NN)nc(N(C)C)n1. The van der Waals surface area contributed by atoms with E-state index >= 15 is 0 Å². The van der Waals surface area contributed by atoms with Gasteiger partial charge in [0.05, 0.1) is 0 Å². The molecule has 21 heavy (non-hydrogen) atoms. The van der Waals surface area contributed by atoms with Crippen molar-refractivity contribution in [3.8, 4) is 0 Å². The third-order valence-corrected chi connectivity index (χ3v) is 3.45. The zero-order valence-electron chi connectivity index (χ0n) is 12.6. The molecule has 1 saturated heterocycles. The number of nitrogens with zero attached hydrogens (tertiary/aromatic N) is 5. The molecule has 1 aliphatic rings. The highest BCUT2D eigenvalue weighted by molar-refractivity contribution is 5.84. The van der Waals surface area contributed by atoms with E-state index in [1.165, 1.54) is 0 Å². The van der Waals surface area contributed by atoms with Crippen molar-refractivity contribution in [2.24, 2.45) is 5.84 Å². The highest BCUT2D eigenvalue weighted by Crippen LogP contribution is 2.24. The molecule has 9 heteroatoms. The van der Waals surface area contributed by atoms with Crippen molar-refractivity contribution in [2.75, 3.05) is 42.9 Å². The van der Waals surface area contributed by atoms with Crippen molar-refractivity contribution in [1.29, 1.82) is 0 Å². The lowest BCUT2D eigenvalue weighted by Gasteiger charge is -2.34. The molecule has 1 aromatic heterocycles. The number of nitrogen functional groups attached to an aromatic ring is 1. The number of hydrogen-bond donors (Lipinski definition) is 3. The van der Waals surface area contributed by atoms with Gasteiger partial charge in [0, 0.05) is 27.7 Å². The van der Waals surface area contributed by atoms with Gasteiger partial charge in [-0.25, -0.2) is 5.84 Å². The summed E-state index contributed by atoms with van der Waals surface area (Å²) < 4.78 is 0. The third-order valence-electron chi connectivity index (χ3n) is 3.45. The lowest BCUT2D eigenvalue weighted by Crippen LogP contribution is -2.49. The van der Waals surface area contributed by atoms with Crippen LogP contribution in [0.1, 0.15) is 19.3 Å². The van der Waals surface area contributed by atoms with E-state index in [9.17, 15) is 4.79 Å². The molecule has 0 saturated carbocycles. The Kier molecular flexibility index (Phi) is 4.73. The van der Waals surface area contributed by atoms with Gasteiger partial charge in [-0.3, -0.25) is 10.2 Å². The van der Waals surface area contributed by atoms with Crippen LogP contribution in [0.4, 0.5) is 17.8 Å². The molecule has 9 nitrogen and oxygen atoms in total. The van der Waals surface area contributed by atoms with Gasteiger partial charge in [-0.2, -0.15) is 15.0 Å². The summed E-state index contributed by atoms with van der Waals surface area (Å²) in [6.45, 7) is 0.735. The number of rotatable bonds is 4. The topological polar surface area (TPSA) is 112 Å². The van der Waals surface area contributed by atoms with Gasteiger partial charge in [-0.15, -0.1) is 0 Å². The van der Waals surface area contributed by atoms with Gasteiger partial charge < -0.3 is 15.1 Å². The molecule has 0 spiro atoms. The fourth-order valence-electron chi connectivity index (χ4n) is 2.36. The average molecular weight is 294 g/mol. The molecular formula is C12H22N8O. The van der Waals surface area contributed by atoms with Crippen LogP contribution in [0.25, 0.3) is 0 Å². The molecule has 1 amide bonds. The molecule has 2 heterocycles. The zero-order chi connectivity index (χ0) is 15.4. The normalized spacial score (nSPS) is 18.3. The molecule has 1 atom stereocenters. The summed E-state index contributed by atoms with van der Waals surface area (Å²) >= 11 is 0. The van der Waals surface area contributed by atoms with Crippen molar-refractivity contribution < 1.29 is 4.79 Å². The van der Waals surface area contributed by atoms with Crippen molar-refractivity contribution >= 4 is 23.8 Å². The molecule has 1 fully saturated rings. The number of anilines is 3. The second kappa shape index (κ2) is 6.53. The Labute approximate surface area is 123 Å². The molecular weight excluding hydrogens is 272 g/mol. The Morgan fingerprint density at radius 2 is 2.10 bits per heavy atom. The minimum atomic E-state index is -0.258. The fraction of sp³-hybridized carbons (Fsp3) is 0.667. The summed E-state index contributed by atoms with van der Waals surface area (Å²) in [6, 6.07) is -0.258. The standard InChI is InChI=1S/C12H22N8O/c1-14-9(21)8-6-4-5-7-20(8)12-16-10(18-13)15-11(17-12)19(2)3/h8H,4-7,13H2,1-3H3,(H,14,21)(H,15,16,17,18). The number of aromatic nitrogens is 3. The maximum Gasteiger partial charge on any atom is 0.243 e. The predicted molar refractivity (Wildman–Crippen MR) is 81.0 cm³/mol. The lowest BCUT2D eigenvalue weighted by molar-refractivity contribution is -0.122. The van der Waals surface area contributed by atoms with Crippen molar-refractivity contribution in [1.82, 2.24) is 20.3 Å². The highest BCUT2D eigenvalue weighted by Gasteiger charge is 2.30. The van der Waals surface area contributed by atoms with Crippen molar-refractivity contribution in [3.05, 3.63) is 0 Å². The van der Waals surface area contributed by atoms with Gasteiger partial charge in [0.15, 0.2) is 0 Å². The molecule has 0 radical (unpaired) electrons. The van der Waals surface area contributed by atoms with Crippen LogP contribution in [0, 0.1) is 0 Å². The van der Waals surface area contributed by atoms with E-state index in [1.807, 2.05) is 19.0 Å². The molecule has 0 bridgehead atoms. The van der Waals surface area contributed by atoms with Crippen LogP contribution in [-0.4, -0.2) is 54.6 Å². The number of hydrazine groups is 1. The Morgan fingerprint density at radius 1 is 1.33 bits per heavy atom. The van der Waals surface area contributed by atoms with Crippen LogP contribution in [-0.2, 0) is 4.79 Å². The van der Waals surface area contributed by atoms with Crippen LogP contribution in [0.3, 0.4) is 0 Å². The molecule has 1 aliphatic heterocycles. The molecule has 0 aliphatic carbocycles. The summed E-state index contributed by atoms with van der Waals surface area (Å²) in [6.07, 6.45) is 2.80. The second-order valence-electron chi connectivity index (χ2n) is 5.12. The summed E-state index contributed by atoms with van der Waals surface area (Å²) in [5.41, 5.74) is 2.44. The Morgan fingerprint density at radius 3 is 2.71 bits per heavy atom. The van der Waals surface area contributed by atoms with Crippen molar-refractivity contribution in [2.45, 2.75) is 25.3 Å². The first-order valence-electron chi connectivity index (χ1n) is 6.95. The van der Waals surface area contributed by atoms with Gasteiger partial charge in [-0.05, 0) is 19.3 Å². The van der Waals surface area contributed by atoms with E-state index in [4.69, 9.17) is 5.84 Å². The zero-order valence-corrected chi connectivity index (χ0v) is 12.6. The molecule has 0 aromatic carbocycles. The van der Waals surface area contributed by atoms with Crippen LogP contribution >= 0.6 is 0 Å². The van der Waals surface area contributed by atoms with E-state index in [0.29, 0.717) is 11.9 Å². The summed E-state index contributed by atoms with van der Waals surface area (Å²) in [5.74, 6) is 6.64. The number of piperidine rings is 1. The number of amides is 1. The van der Waals surface area contributed by atoms with E-state index < -0.39 is 0 Å². The van der Waals surface area contributed by atoms with Gasteiger partial charge in [-0.1, -0.05) is 0 Å². The molecule has 2 rings (SSSR count). The average Bonchev–Trinajstić information content (AvgIpc) is 2.53. The van der Waals surface area contributed by atoms with Crippen LogP contribution in [0.2, 0.25) is 0 Å². The van der Waals surface area contributed by atoms with Crippen LogP contribution < -0.4 is 26.4 Å². The molecule has 4 N–H and O–H groups in total. The highest BCUT2D eigenvalue weighted by atomic mass is 16.2. The minimum absolute atomic E-state index is 0.0243. The fourth-order valence-corrected chi connectivity index (χ4v) is 2.36. The second-order valence-corrected chi connectivity index (χ2v) is 5.12. The maximum atomic E-state index is 12.0. The monoisotopic (exact) mass is 294 g/mol. The van der Waals surface area contributed by atoms with E-state index in [2.05, 4.69) is 25.7 Å². The Hall–Kier alpha value is -2.16. The van der Waals surface area contributed by atoms with E-state index in [0.717, 1.165) is 25.8 Å². The number of nitrogens with two attached hydrogens (primary N) is 1. The van der Waals surface area contributed by atoms with Gasteiger partial charge >= 0.3 is 0 Å². The first-order valence-corrected chi connectivity index (χ1v) is 6.95. The number of carbonyl (C=O) groups excluding carboxylic acids is 1. The van der Waals surface area contributed by atoms with Crippen molar-refractivity contribution in [3.63, 3.8) is 0 Å². The number of hydrogen-bond acceptors (Lipinski definition) is 8. The van der Waals surface area contributed by atoms with E-state index in [1.54, 1.807) is 11.9 Å². The predicted octanol–water partition coefficient (Wildman–Crippen LogP) is -0.672. The first-order chi connectivity index (χ1) is 10.1. The summed E-state index contributed by atoms with van der Waals surface area (Å²) in [4.78, 5) is 28.6. The maximum absolute atomic E-state index is 12.0. The Balaban J connectivity index is 2.37. The van der Waals surface area contributed by atoms with Crippen LogP contribution in [0.15, 0.2) is 0 Å². The van der Waals surface area contributed by atoms with Crippen LogP contribution in [0.5, 0.6) is 0 Å². The number of carbonyl (C=O) groups is 1. The summed E-state index contributed by atoms with van der Waals surface area (Å²) in [7, 11) is 5.32. The van der Waals surface area contributed by atoms with Gasteiger partial charge in [0.25, 0.3) is 0 Å². The Bertz CT molecular complexity index is 506. The van der Waals surface area contributed by atoms with Gasteiger partial charge in [0.2, 0.25) is 23.8 Å². The molecule has 1 aromatic rings. The molecule has 1 unspecified atom stereocenters.